The van der Waals surface area contributed by atoms with Gasteiger partial charge in [-0.2, -0.15) is 0 Å². The summed E-state index contributed by atoms with van der Waals surface area (Å²) in [5, 5.41) is 16.8. The molecule has 0 radical (unpaired) electrons. The second-order valence-electron chi connectivity index (χ2n) is 5.60. The van der Waals surface area contributed by atoms with Crippen molar-refractivity contribution in [3.63, 3.8) is 0 Å². The van der Waals surface area contributed by atoms with Gasteiger partial charge in [0.25, 0.3) is 11.6 Å². The lowest BCUT2D eigenvalue weighted by Gasteiger charge is -2.19. The summed E-state index contributed by atoms with van der Waals surface area (Å²) < 4.78 is 0. The molecule has 0 aliphatic heterocycles. The van der Waals surface area contributed by atoms with Gasteiger partial charge < -0.3 is 10.6 Å². The van der Waals surface area contributed by atoms with E-state index in [-0.39, 0.29) is 29.4 Å². The molecule has 0 saturated heterocycles. The number of nitro benzene ring substituents is 1. The number of benzene rings is 1. The van der Waals surface area contributed by atoms with Crippen LogP contribution in [0.1, 0.15) is 36.7 Å². The lowest BCUT2D eigenvalue weighted by molar-refractivity contribution is -0.386. The van der Waals surface area contributed by atoms with Gasteiger partial charge in [-0.25, -0.2) is 0 Å². The molecule has 0 aliphatic carbocycles. The fraction of sp³-hybridized carbons (Fsp3) is 0.500. The van der Waals surface area contributed by atoms with E-state index >= 15 is 0 Å². The summed E-state index contributed by atoms with van der Waals surface area (Å²) in [6.45, 7) is 6.84. The number of hydrogen-bond acceptors (Lipinski definition) is 4. The highest BCUT2D eigenvalue weighted by atomic mass is 35.5. The number of carbonyl (C=O) groups is 1. The van der Waals surface area contributed by atoms with E-state index in [0.29, 0.717) is 24.2 Å². The minimum absolute atomic E-state index is 0. The summed E-state index contributed by atoms with van der Waals surface area (Å²) in [6, 6.07) is 4.63. The first kappa shape index (κ1) is 19.3. The normalized spacial score (nSPS) is 10.7. The van der Waals surface area contributed by atoms with Crippen molar-refractivity contribution in [3.8, 4) is 0 Å². The van der Waals surface area contributed by atoms with Gasteiger partial charge in [0.15, 0.2) is 0 Å². The first-order chi connectivity index (χ1) is 9.27. The molecule has 0 spiro atoms. The van der Waals surface area contributed by atoms with Crippen LogP contribution < -0.4 is 10.6 Å². The lowest BCUT2D eigenvalue weighted by atomic mass is 9.85. The molecule has 7 heteroatoms. The standard InChI is InChI=1S/C14H21N3O3.ClH/c1-14(2,3)11-6-5-10(9-12(11)17(19)20)13(18)16-8-7-15-4;/h5-6,9,15H,7-8H2,1-4H3,(H,16,18);1H. The van der Waals surface area contributed by atoms with Gasteiger partial charge in [-0.3, -0.25) is 14.9 Å². The summed E-state index contributed by atoms with van der Waals surface area (Å²) in [5.74, 6) is -0.302. The molecule has 6 nitrogen and oxygen atoms in total. The molecule has 1 aromatic rings. The minimum Gasteiger partial charge on any atom is -0.351 e. The summed E-state index contributed by atoms with van der Waals surface area (Å²) in [5.41, 5.74) is 0.567. The molecular formula is C14H22ClN3O3. The average molecular weight is 316 g/mol. The number of nitrogens with one attached hydrogen (secondary N) is 2. The van der Waals surface area contributed by atoms with E-state index in [1.807, 2.05) is 20.8 Å². The fourth-order valence-electron chi connectivity index (χ4n) is 1.86. The van der Waals surface area contributed by atoms with Crippen LogP contribution in [0.4, 0.5) is 5.69 Å². The van der Waals surface area contributed by atoms with Gasteiger partial charge in [-0.05, 0) is 18.5 Å². The van der Waals surface area contributed by atoms with Gasteiger partial charge in [0, 0.05) is 30.3 Å². The summed E-state index contributed by atoms with van der Waals surface area (Å²) in [7, 11) is 1.79. The van der Waals surface area contributed by atoms with Crippen LogP contribution in [0.25, 0.3) is 0 Å². The zero-order valence-corrected chi connectivity index (χ0v) is 13.5. The molecule has 1 aromatic carbocycles. The molecule has 0 aromatic heterocycles. The van der Waals surface area contributed by atoms with Crippen molar-refractivity contribution in [3.05, 3.63) is 39.4 Å². The van der Waals surface area contributed by atoms with Gasteiger partial charge in [-0.1, -0.05) is 26.8 Å². The number of nitrogens with zero attached hydrogens (tertiary/aromatic N) is 1. The minimum atomic E-state index is -0.440. The van der Waals surface area contributed by atoms with Crippen molar-refractivity contribution in [1.82, 2.24) is 10.6 Å². The summed E-state index contributed by atoms with van der Waals surface area (Å²) in [6.07, 6.45) is 0. The van der Waals surface area contributed by atoms with Crippen molar-refractivity contribution in [2.45, 2.75) is 26.2 Å². The number of nitro groups is 1. The van der Waals surface area contributed by atoms with Crippen molar-refractivity contribution in [1.29, 1.82) is 0 Å². The van der Waals surface area contributed by atoms with Crippen LogP contribution in [0, 0.1) is 10.1 Å². The Labute approximate surface area is 130 Å². The van der Waals surface area contributed by atoms with Crippen LogP contribution in [0.15, 0.2) is 18.2 Å². The Bertz CT molecular complexity index is 513. The van der Waals surface area contributed by atoms with Crippen LogP contribution >= 0.6 is 12.4 Å². The molecule has 0 atom stereocenters. The predicted molar refractivity (Wildman–Crippen MR) is 85.3 cm³/mol. The maximum atomic E-state index is 11.9. The van der Waals surface area contributed by atoms with Crippen molar-refractivity contribution < 1.29 is 9.72 Å². The quantitative estimate of drug-likeness (QED) is 0.496. The SMILES string of the molecule is CNCCNC(=O)c1ccc(C(C)(C)C)c([N+](=O)[O-])c1.Cl. The van der Waals surface area contributed by atoms with Gasteiger partial charge in [-0.15, -0.1) is 12.4 Å². The molecule has 0 aliphatic rings. The van der Waals surface area contributed by atoms with E-state index in [1.54, 1.807) is 19.2 Å². The Morgan fingerprint density at radius 2 is 1.90 bits per heavy atom. The van der Waals surface area contributed by atoms with Crippen molar-refractivity contribution in [2.24, 2.45) is 0 Å². The van der Waals surface area contributed by atoms with Gasteiger partial charge >= 0.3 is 0 Å². The lowest BCUT2D eigenvalue weighted by Crippen LogP contribution is -2.30. The Balaban J connectivity index is 0.00000400. The zero-order chi connectivity index (χ0) is 15.3. The van der Waals surface area contributed by atoms with E-state index in [9.17, 15) is 14.9 Å². The van der Waals surface area contributed by atoms with Gasteiger partial charge in [0.2, 0.25) is 0 Å². The third kappa shape index (κ3) is 5.32. The van der Waals surface area contributed by atoms with Crippen LogP contribution in [0.3, 0.4) is 0 Å². The Hall–Kier alpha value is -1.66. The highest BCUT2D eigenvalue weighted by Gasteiger charge is 2.25. The fourth-order valence-corrected chi connectivity index (χ4v) is 1.86. The first-order valence-electron chi connectivity index (χ1n) is 6.49. The predicted octanol–water partition coefficient (Wildman–Crippen LogP) is 2.26. The maximum Gasteiger partial charge on any atom is 0.273 e. The number of amides is 1. The second kappa shape index (κ2) is 7.95. The van der Waals surface area contributed by atoms with Gasteiger partial charge in [0.1, 0.15) is 0 Å². The molecule has 0 bridgehead atoms. The maximum absolute atomic E-state index is 11.9. The number of likely N-dealkylation sites (N-methyl/N-ethyl adjacent to an activating group) is 1. The van der Waals surface area contributed by atoms with Crippen LogP contribution in [0.2, 0.25) is 0 Å². The highest BCUT2D eigenvalue weighted by Crippen LogP contribution is 2.31. The van der Waals surface area contributed by atoms with Crippen LogP contribution in [-0.2, 0) is 5.41 Å². The number of halogens is 1. The van der Waals surface area contributed by atoms with Crippen LogP contribution in [-0.4, -0.2) is 31.0 Å². The van der Waals surface area contributed by atoms with Gasteiger partial charge in [0.05, 0.1) is 4.92 Å². The summed E-state index contributed by atoms with van der Waals surface area (Å²) >= 11 is 0. The van der Waals surface area contributed by atoms with E-state index in [4.69, 9.17) is 0 Å². The topological polar surface area (TPSA) is 84.3 Å². The Morgan fingerprint density at radius 3 is 2.38 bits per heavy atom. The van der Waals surface area contributed by atoms with Crippen molar-refractivity contribution >= 4 is 24.0 Å². The molecule has 0 unspecified atom stereocenters. The number of rotatable bonds is 5. The van der Waals surface area contributed by atoms with E-state index < -0.39 is 4.92 Å². The van der Waals surface area contributed by atoms with E-state index in [2.05, 4.69) is 10.6 Å². The van der Waals surface area contributed by atoms with Crippen LogP contribution in [0.5, 0.6) is 0 Å². The van der Waals surface area contributed by atoms with E-state index in [1.165, 1.54) is 6.07 Å². The Morgan fingerprint density at radius 1 is 1.29 bits per heavy atom. The highest BCUT2D eigenvalue weighted by molar-refractivity contribution is 5.95. The second-order valence-corrected chi connectivity index (χ2v) is 5.60. The molecule has 21 heavy (non-hydrogen) atoms. The summed E-state index contributed by atoms with van der Waals surface area (Å²) in [4.78, 5) is 22.6. The molecule has 1 rings (SSSR count). The molecule has 0 fully saturated rings. The Kier molecular flexibility index (Phi) is 7.32. The largest absolute Gasteiger partial charge is 0.351 e. The number of carbonyl (C=O) groups excluding carboxylic acids is 1. The third-order valence-corrected chi connectivity index (χ3v) is 2.93. The zero-order valence-electron chi connectivity index (χ0n) is 12.7. The molecule has 0 heterocycles. The first-order valence-corrected chi connectivity index (χ1v) is 6.49. The number of hydrogen-bond donors (Lipinski definition) is 2. The molecular weight excluding hydrogens is 294 g/mol. The average Bonchev–Trinajstić information content (AvgIpc) is 2.37. The monoisotopic (exact) mass is 315 g/mol. The molecule has 2 N–H and O–H groups in total. The third-order valence-electron chi connectivity index (χ3n) is 2.93. The smallest absolute Gasteiger partial charge is 0.273 e. The van der Waals surface area contributed by atoms with E-state index in [0.717, 1.165) is 0 Å². The molecule has 1 amide bonds. The molecule has 0 saturated carbocycles. The van der Waals surface area contributed by atoms with Crippen molar-refractivity contribution in [2.75, 3.05) is 20.1 Å². The molecule has 118 valence electrons.